The number of alkyl halides is 2. The van der Waals surface area contributed by atoms with Crippen molar-refractivity contribution >= 4 is 17.6 Å². The largest absolute Gasteiger partial charge is 0.478 e. The summed E-state index contributed by atoms with van der Waals surface area (Å²) in [5, 5.41) is 7.88. The Hall–Kier alpha value is -2.49. The number of rotatable bonds is 4. The van der Waals surface area contributed by atoms with Crippen LogP contribution < -0.4 is 5.12 Å². The SMILES string of the molecule is C#CCC(F)(F)C(=O)N(F)c1ccccc1C(=O)O. The third-order valence-electron chi connectivity index (χ3n) is 2.16. The molecule has 0 aliphatic rings. The second kappa shape index (κ2) is 5.44. The van der Waals surface area contributed by atoms with Crippen molar-refractivity contribution < 1.29 is 28.0 Å². The molecular formula is C12H8F3NO3. The van der Waals surface area contributed by atoms with Crippen LogP contribution >= 0.6 is 0 Å². The van der Waals surface area contributed by atoms with Gasteiger partial charge in [0.1, 0.15) is 0 Å². The summed E-state index contributed by atoms with van der Waals surface area (Å²) >= 11 is 0. The average Bonchev–Trinajstić information content (AvgIpc) is 2.36. The number of carboxylic acid groups (broad SMARTS) is 1. The number of carbonyl (C=O) groups is 2. The lowest BCUT2D eigenvalue weighted by Gasteiger charge is -2.19. The number of benzene rings is 1. The van der Waals surface area contributed by atoms with Crippen molar-refractivity contribution in [3.63, 3.8) is 0 Å². The van der Waals surface area contributed by atoms with E-state index in [0.717, 1.165) is 12.1 Å². The molecular weight excluding hydrogens is 263 g/mol. The highest BCUT2D eigenvalue weighted by atomic mass is 19.3. The molecule has 0 aliphatic carbocycles. The lowest BCUT2D eigenvalue weighted by molar-refractivity contribution is -0.144. The maximum absolute atomic E-state index is 13.6. The molecule has 19 heavy (non-hydrogen) atoms. The maximum atomic E-state index is 13.6. The molecule has 0 aromatic heterocycles. The summed E-state index contributed by atoms with van der Waals surface area (Å²) < 4.78 is 40.0. The second-order valence-electron chi connectivity index (χ2n) is 3.49. The van der Waals surface area contributed by atoms with Gasteiger partial charge in [0.25, 0.3) is 0 Å². The van der Waals surface area contributed by atoms with E-state index < -0.39 is 40.6 Å². The number of aromatic carboxylic acids is 1. The number of hydrogen-bond donors (Lipinski definition) is 1. The minimum Gasteiger partial charge on any atom is -0.478 e. The number of carbonyl (C=O) groups excluding carboxylic acids is 1. The Labute approximate surface area is 106 Å². The van der Waals surface area contributed by atoms with Gasteiger partial charge < -0.3 is 5.11 Å². The smallest absolute Gasteiger partial charge is 0.338 e. The number of carboxylic acids is 1. The second-order valence-corrected chi connectivity index (χ2v) is 3.49. The van der Waals surface area contributed by atoms with Gasteiger partial charge >= 0.3 is 17.8 Å². The van der Waals surface area contributed by atoms with E-state index in [1.807, 2.05) is 0 Å². The fourth-order valence-electron chi connectivity index (χ4n) is 1.28. The molecule has 100 valence electrons. The first-order chi connectivity index (χ1) is 8.81. The summed E-state index contributed by atoms with van der Waals surface area (Å²) in [4.78, 5) is 22.0. The monoisotopic (exact) mass is 271 g/mol. The first kappa shape index (κ1) is 14.6. The van der Waals surface area contributed by atoms with Gasteiger partial charge in [0.05, 0.1) is 17.7 Å². The quantitative estimate of drug-likeness (QED) is 0.675. The van der Waals surface area contributed by atoms with Crippen LogP contribution in [0, 0.1) is 12.3 Å². The molecule has 0 saturated heterocycles. The molecule has 0 radical (unpaired) electrons. The highest BCUT2D eigenvalue weighted by Gasteiger charge is 2.43. The molecule has 0 saturated carbocycles. The summed E-state index contributed by atoms with van der Waals surface area (Å²) in [7, 11) is 0. The predicted octanol–water partition coefficient (Wildman–Crippen LogP) is 2.26. The van der Waals surface area contributed by atoms with Gasteiger partial charge in [-0.25, -0.2) is 4.79 Å². The fourth-order valence-corrected chi connectivity index (χ4v) is 1.28. The zero-order valence-corrected chi connectivity index (χ0v) is 9.44. The molecule has 4 nitrogen and oxygen atoms in total. The number of para-hydroxylation sites is 1. The third-order valence-corrected chi connectivity index (χ3v) is 2.16. The summed E-state index contributed by atoms with van der Waals surface area (Å²) in [6, 6.07) is 4.36. The van der Waals surface area contributed by atoms with E-state index in [2.05, 4.69) is 6.42 Å². The molecule has 1 amide bonds. The molecule has 0 bridgehead atoms. The molecule has 0 fully saturated rings. The number of nitrogens with zero attached hydrogens (tertiary/aromatic N) is 1. The summed E-state index contributed by atoms with van der Waals surface area (Å²) in [6.45, 7) is 0. The molecule has 0 aliphatic heterocycles. The van der Waals surface area contributed by atoms with Crippen LogP contribution in [0.1, 0.15) is 16.8 Å². The first-order valence-electron chi connectivity index (χ1n) is 4.95. The fraction of sp³-hybridized carbons (Fsp3) is 0.167. The van der Waals surface area contributed by atoms with Crippen LogP contribution in [-0.4, -0.2) is 22.9 Å². The molecule has 1 rings (SSSR count). The highest BCUT2D eigenvalue weighted by molar-refractivity contribution is 6.03. The predicted molar refractivity (Wildman–Crippen MR) is 60.4 cm³/mol. The molecule has 1 aromatic rings. The van der Waals surface area contributed by atoms with Crippen molar-refractivity contribution in [2.45, 2.75) is 12.3 Å². The van der Waals surface area contributed by atoms with Crippen molar-refractivity contribution in [2.24, 2.45) is 0 Å². The van der Waals surface area contributed by atoms with E-state index in [1.54, 1.807) is 5.92 Å². The van der Waals surface area contributed by atoms with E-state index >= 15 is 0 Å². The van der Waals surface area contributed by atoms with Crippen molar-refractivity contribution in [1.29, 1.82) is 0 Å². The Morgan fingerprint density at radius 3 is 2.47 bits per heavy atom. The number of halogens is 3. The van der Waals surface area contributed by atoms with Gasteiger partial charge in [-0.1, -0.05) is 22.5 Å². The molecule has 1 N–H and O–H groups in total. The topological polar surface area (TPSA) is 57.6 Å². The van der Waals surface area contributed by atoms with Crippen LogP contribution in [0.3, 0.4) is 0 Å². The van der Waals surface area contributed by atoms with Gasteiger partial charge in [-0.2, -0.15) is 8.78 Å². The number of hydrogen-bond acceptors (Lipinski definition) is 2. The minimum absolute atomic E-state index is 0.616. The van der Waals surface area contributed by atoms with Crippen LogP contribution in [0.5, 0.6) is 0 Å². The average molecular weight is 271 g/mol. The van der Waals surface area contributed by atoms with Crippen LogP contribution in [0.2, 0.25) is 0 Å². The van der Waals surface area contributed by atoms with Gasteiger partial charge in [-0.05, 0) is 12.1 Å². The normalized spacial score (nSPS) is 10.6. The summed E-state index contributed by atoms with van der Waals surface area (Å²) in [5.74, 6) is -6.31. The van der Waals surface area contributed by atoms with Crippen LogP contribution in [0.15, 0.2) is 24.3 Å². The van der Waals surface area contributed by atoms with E-state index in [9.17, 15) is 22.9 Å². The molecule has 0 atom stereocenters. The molecule has 0 unspecified atom stereocenters. The maximum Gasteiger partial charge on any atom is 0.338 e. The Kier molecular flexibility index (Phi) is 4.17. The number of amides is 1. The number of terminal acetylenes is 1. The molecule has 0 spiro atoms. The third kappa shape index (κ3) is 3.04. The van der Waals surface area contributed by atoms with Crippen molar-refractivity contribution in [2.75, 3.05) is 5.12 Å². The number of anilines is 1. The summed E-state index contributed by atoms with van der Waals surface area (Å²) in [5.41, 5.74) is -1.40. The Morgan fingerprint density at radius 1 is 1.37 bits per heavy atom. The molecule has 0 heterocycles. The van der Waals surface area contributed by atoms with Crippen LogP contribution in [0.4, 0.5) is 18.9 Å². The van der Waals surface area contributed by atoms with Crippen molar-refractivity contribution in [3.8, 4) is 12.3 Å². The Morgan fingerprint density at radius 2 is 1.95 bits per heavy atom. The minimum atomic E-state index is -4.10. The van der Waals surface area contributed by atoms with Gasteiger partial charge in [0, 0.05) is 0 Å². The van der Waals surface area contributed by atoms with Crippen molar-refractivity contribution in [1.82, 2.24) is 0 Å². The van der Waals surface area contributed by atoms with E-state index in [0.29, 0.717) is 0 Å². The Balaban J connectivity index is 3.15. The molecule has 7 heteroatoms. The van der Waals surface area contributed by atoms with Gasteiger partial charge in [0.2, 0.25) is 0 Å². The highest BCUT2D eigenvalue weighted by Crippen LogP contribution is 2.27. The zero-order chi connectivity index (χ0) is 14.6. The summed E-state index contributed by atoms with van der Waals surface area (Å²) in [6.07, 6.45) is 3.38. The lowest BCUT2D eigenvalue weighted by atomic mass is 10.1. The van der Waals surface area contributed by atoms with Crippen LogP contribution in [-0.2, 0) is 4.79 Å². The van der Waals surface area contributed by atoms with Crippen molar-refractivity contribution in [3.05, 3.63) is 29.8 Å². The van der Waals surface area contributed by atoms with Crippen LogP contribution in [0.25, 0.3) is 0 Å². The van der Waals surface area contributed by atoms with E-state index in [1.165, 1.54) is 12.1 Å². The van der Waals surface area contributed by atoms with Gasteiger partial charge in [-0.15, -0.1) is 11.5 Å². The Bertz CT molecular complexity index is 551. The lowest BCUT2D eigenvalue weighted by Crippen LogP contribution is -2.39. The van der Waals surface area contributed by atoms with Gasteiger partial charge in [0.15, 0.2) is 0 Å². The van der Waals surface area contributed by atoms with E-state index in [-0.39, 0.29) is 0 Å². The zero-order valence-electron chi connectivity index (χ0n) is 9.44. The first-order valence-corrected chi connectivity index (χ1v) is 4.95. The van der Waals surface area contributed by atoms with Gasteiger partial charge in [-0.3, -0.25) is 4.79 Å². The van der Waals surface area contributed by atoms with E-state index in [4.69, 9.17) is 5.11 Å². The standard InChI is InChI=1S/C12H8F3NO3/c1-2-7-12(13,14)11(19)16(15)9-6-4-3-5-8(9)10(17)18/h1,3-6H,7H2,(H,17,18). The molecule has 1 aromatic carbocycles.